The van der Waals surface area contributed by atoms with Gasteiger partial charge in [-0.1, -0.05) is 19.9 Å². The molecule has 36 heavy (non-hydrogen) atoms. The number of aromatic nitrogens is 4. The summed E-state index contributed by atoms with van der Waals surface area (Å²) in [5, 5.41) is 7.59. The van der Waals surface area contributed by atoms with Gasteiger partial charge in [0.1, 0.15) is 6.61 Å². The largest absolute Gasteiger partial charge is 0.493 e. The molecule has 9 nitrogen and oxygen atoms in total. The number of nitrogens with one attached hydrogen (secondary N) is 1. The SMILES string of the molecule is CCN(CC)CCOc1ccc(CNC(=O)Cc2c(C)nn(-c3nc(C)cc(C)n3)c2C)cc1OC. The van der Waals surface area contributed by atoms with E-state index in [0.717, 1.165) is 53.5 Å². The first-order chi connectivity index (χ1) is 17.2. The first kappa shape index (κ1) is 27.1. The van der Waals surface area contributed by atoms with Gasteiger partial charge in [0.05, 0.1) is 19.2 Å². The van der Waals surface area contributed by atoms with Crippen molar-refractivity contribution in [2.45, 2.75) is 54.5 Å². The van der Waals surface area contributed by atoms with Crippen molar-refractivity contribution in [3.05, 3.63) is 58.2 Å². The van der Waals surface area contributed by atoms with Crippen LogP contribution in [-0.4, -0.2) is 63.9 Å². The van der Waals surface area contributed by atoms with Crippen molar-refractivity contribution in [3.8, 4) is 17.4 Å². The van der Waals surface area contributed by atoms with Crippen LogP contribution in [0, 0.1) is 27.7 Å². The second kappa shape index (κ2) is 12.5. The molecule has 0 bridgehead atoms. The molecule has 0 saturated heterocycles. The standard InChI is InChI=1S/C27H38N6O3/c1-8-32(9-2)12-13-36-24-11-10-22(15-25(24)35-7)17-28-26(34)16-23-20(5)31-33(21(23)6)27-29-18(3)14-19(4)30-27/h10-11,14-15H,8-9,12-13,16-17H2,1-7H3,(H,28,34). The normalized spacial score (nSPS) is 11.1. The van der Waals surface area contributed by atoms with E-state index in [-0.39, 0.29) is 12.3 Å². The lowest BCUT2D eigenvalue weighted by Gasteiger charge is -2.19. The first-order valence-corrected chi connectivity index (χ1v) is 12.4. The minimum absolute atomic E-state index is 0.0828. The molecule has 0 saturated carbocycles. The minimum Gasteiger partial charge on any atom is -0.493 e. The van der Waals surface area contributed by atoms with Crippen molar-refractivity contribution in [1.82, 2.24) is 30.0 Å². The Morgan fingerprint density at radius 2 is 1.72 bits per heavy atom. The molecule has 0 atom stereocenters. The number of aryl methyl sites for hydroxylation is 3. The zero-order chi connectivity index (χ0) is 26.2. The number of nitrogens with zero attached hydrogens (tertiary/aromatic N) is 5. The number of methoxy groups -OCH3 is 1. The van der Waals surface area contributed by atoms with E-state index >= 15 is 0 Å². The smallest absolute Gasteiger partial charge is 0.251 e. The molecule has 1 amide bonds. The van der Waals surface area contributed by atoms with Crippen LogP contribution in [0.25, 0.3) is 5.95 Å². The highest BCUT2D eigenvalue weighted by Crippen LogP contribution is 2.28. The fourth-order valence-corrected chi connectivity index (χ4v) is 4.12. The van der Waals surface area contributed by atoms with Gasteiger partial charge in [-0.05, 0) is 64.5 Å². The Hall–Kier alpha value is -3.46. The van der Waals surface area contributed by atoms with E-state index in [1.807, 2.05) is 52.0 Å². The fourth-order valence-electron chi connectivity index (χ4n) is 4.12. The first-order valence-electron chi connectivity index (χ1n) is 12.4. The van der Waals surface area contributed by atoms with Gasteiger partial charge >= 0.3 is 0 Å². The Labute approximate surface area is 213 Å². The predicted octanol–water partition coefficient (Wildman–Crippen LogP) is 3.48. The Morgan fingerprint density at radius 1 is 1.03 bits per heavy atom. The number of ether oxygens (including phenoxy) is 2. The zero-order valence-corrected chi connectivity index (χ0v) is 22.5. The number of carbonyl (C=O) groups is 1. The summed E-state index contributed by atoms with van der Waals surface area (Å²) in [6, 6.07) is 7.66. The van der Waals surface area contributed by atoms with Crippen LogP contribution < -0.4 is 14.8 Å². The third-order valence-electron chi connectivity index (χ3n) is 6.22. The molecule has 2 aromatic heterocycles. The lowest BCUT2D eigenvalue weighted by atomic mass is 10.1. The lowest BCUT2D eigenvalue weighted by Crippen LogP contribution is -2.28. The molecular weight excluding hydrogens is 456 g/mol. The van der Waals surface area contributed by atoms with E-state index in [1.54, 1.807) is 11.8 Å². The van der Waals surface area contributed by atoms with Crippen LogP contribution in [0.15, 0.2) is 24.3 Å². The molecule has 1 aromatic carbocycles. The van der Waals surface area contributed by atoms with Crippen molar-refractivity contribution in [1.29, 1.82) is 0 Å². The molecule has 0 spiro atoms. The van der Waals surface area contributed by atoms with E-state index in [0.29, 0.717) is 30.6 Å². The Morgan fingerprint density at radius 3 is 2.36 bits per heavy atom. The molecule has 3 rings (SSSR count). The predicted molar refractivity (Wildman–Crippen MR) is 140 cm³/mol. The van der Waals surface area contributed by atoms with Gasteiger partial charge in [0.25, 0.3) is 5.95 Å². The van der Waals surface area contributed by atoms with Crippen LogP contribution in [-0.2, 0) is 17.8 Å². The molecule has 1 N–H and O–H groups in total. The monoisotopic (exact) mass is 494 g/mol. The van der Waals surface area contributed by atoms with Crippen LogP contribution in [0.4, 0.5) is 0 Å². The lowest BCUT2D eigenvalue weighted by molar-refractivity contribution is -0.120. The molecule has 0 radical (unpaired) electrons. The molecule has 0 aliphatic rings. The van der Waals surface area contributed by atoms with E-state index < -0.39 is 0 Å². The van der Waals surface area contributed by atoms with Crippen molar-refractivity contribution in [3.63, 3.8) is 0 Å². The molecule has 0 aliphatic carbocycles. The number of hydrogen-bond acceptors (Lipinski definition) is 7. The second-order valence-electron chi connectivity index (χ2n) is 8.83. The van der Waals surface area contributed by atoms with Crippen molar-refractivity contribution in [2.75, 3.05) is 33.4 Å². The van der Waals surface area contributed by atoms with E-state index in [9.17, 15) is 4.79 Å². The summed E-state index contributed by atoms with van der Waals surface area (Å²) in [4.78, 5) is 24.1. The Balaban J connectivity index is 1.61. The van der Waals surface area contributed by atoms with Gasteiger partial charge < -0.3 is 19.7 Å². The van der Waals surface area contributed by atoms with Crippen LogP contribution >= 0.6 is 0 Å². The number of rotatable bonds is 12. The van der Waals surface area contributed by atoms with Crippen molar-refractivity contribution >= 4 is 5.91 Å². The minimum atomic E-state index is -0.0828. The summed E-state index contributed by atoms with van der Waals surface area (Å²) >= 11 is 0. The molecule has 0 aliphatic heterocycles. The summed E-state index contributed by atoms with van der Waals surface area (Å²) in [6.45, 7) is 15.8. The average Bonchev–Trinajstić information content (AvgIpc) is 3.13. The topological polar surface area (TPSA) is 94.4 Å². The summed E-state index contributed by atoms with van der Waals surface area (Å²) < 4.78 is 13.2. The van der Waals surface area contributed by atoms with Gasteiger partial charge in [-0.15, -0.1) is 0 Å². The van der Waals surface area contributed by atoms with Crippen LogP contribution in [0.5, 0.6) is 11.5 Å². The maximum absolute atomic E-state index is 12.8. The van der Waals surface area contributed by atoms with Crippen molar-refractivity contribution < 1.29 is 14.3 Å². The summed E-state index contributed by atoms with van der Waals surface area (Å²) in [6.07, 6.45) is 0.228. The van der Waals surface area contributed by atoms with Gasteiger partial charge in [-0.3, -0.25) is 4.79 Å². The summed E-state index contributed by atoms with van der Waals surface area (Å²) in [7, 11) is 1.62. The molecule has 0 unspecified atom stereocenters. The van der Waals surface area contributed by atoms with Gasteiger partial charge in [-0.2, -0.15) is 5.10 Å². The molecule has 0 fully saturated rings. The van der Waals surface area contributed by atoms with Crippen molar-refractivity contribution in [2.24, 2.45) is 0 Å². The summed E-state index contributed by atoms with van der Waals surface area (Å²) in [5.74, 6) is 1.79. The Kier molecular flexibility index (Phi) is 9.41. The number of hydrogen-bond donors (Lipinski definition) is 1. The van der Waals surface area contributed by atoms with Crippen LogP contribution in [0.2, 0.25) is 0 Å². The van der Waals surface area contributed by atoms with E-state index in [1.165, 1.54) is 0 Å². The molecule has 9 heteroatoms. The molecule has 2 heterocycles. The third-order valence-corrected chi connectivity index (χ3v) is 6.22. The highest BCUT2D eigenvalue weighted by molar-refractivity contribution is 5.79. The zero-order valence-electron chi connectivity index (χ0n) is 22.5. The average molecular weight is 495 g/mol. The number of carbonyl (C=O) groups excluding carboxylic acids is 1. The van der Waals surface area contributed by atoms with Gasteiger partial charge in [0.2, 0.25) is 5.91 Å². The highest BCUT2D eigenvalue weighted by Gasteiger charge is 2.18. The quantitative estimate of drug-likeness (QED) is 0.412. The molecule has 194 valence electrons. The van der Waals surface area contributed by atoms with Gasteiger partial charge in [0, 0.05) is 35.7 Å². The maximum atomic E-state index is 12.8. The molecular formula is C27H38N6O3. The number of likely N-dealkylation sites (N-methyl/N-ethyl adjacent to an activating group) is 1. The molecule has 3 aromatic rings. The van der Waals surface area contributed by atoms with E-state index in [2.05, 4.69) is 39.1 Å². The van der Waals surface area contributed by atoms with Crippen LogP contribution in [0.1, 0.15) is 47.8 Å². The number of amides is 1. The van der Waals surface area contributed by atoms with Crippen LogP contribution in [0.3, 0.4) is 0 Å². The van der Waals surface area contributed by atoms with E-state index in [4.69, 9.17) is 9.47 Å². The summed E-state index contributed by atoms with van der Waals surface area (Å²) in [5.41, 5.74) is 5.22. The number of benzene rings is 1. The van der Waals surface area contributed by atoms with Gasteiger partial charge in [0.15, 0.2) is 11.5 Å². The Bertz CT molecular complexity index is 1170. The highest BCUT2D eigenvalue weighted by atomic mass is 16.5. The maximum Gasteiger partial charge on any atom is 0.251 e. The third kappa shape index (κ3) is 6.81. The second-order valence-corrected chi connectivity index (χ2v) is 8.83. The fraction of sp³-hybridized carbons (Fsp3) is 0.481. The van der Waals surface area contributed by atoms with Gasteiger partial charge in [-0.25, -0.2) is 14.6 Å².